The average molecular weight is 432 g/mol. The minimum absolute atomic E-state index is 0.0851. The SMILES string of the molecule is CCC(=O)N1c2ccccc2-c2c(=O)[nH]c(SC)n[n+]2[C@H]1c1c(F)cccc1Cl. The van der Waals surface area contributed by atoms with Gasteiger partial charge in [-0.25, -0.2) is 9.29 Å². The summed E-state index contributed by atoms with van der Waals surface area (Å²) in [5.41, 5.74) is 0.995. The van der Waals surface area contributed by atoms with Crippen LogP contribution >= 0.6 is 23.4 Å². The van der Waals surface area contributed by atoms with Crippen molar-refractivity contribution in [3.8, 4) is 11.3 Å². The number of nitrogens with zero attached hydrogens (tertiary/aromatic N) is 3. The Balaban J connectivity index is 2.15. The molecular weight excluding hydrogens is 415 g/mol. The van der Waals surface area contributed by atoms with E-state index < -0.39 is 12.0 Å². The van der Waals surface area contributed by atoms with Gasteiger partial charge in [-0.05, 0) is 35.2 Å². The predicted molar refractivity (Wildman–Crippen MR) is 110 cm³/mol. The quantitative estimate of drug-likeness (QED) is 0.508. The van der Waals surface area contributed by atoms with Gasteiger partial charge in [0.25, 0.3) is 6.17 Å². The fraction of sp³-hybridized carbons (Fsp3) is 0.200. The molecule has 0 radical (unpaired) electrons. The minimum atomic E-state index is -1.03. The zero-order valence-electron chi connectivity index (χ0n) is 15.6. The number of fused-ring (bicyclic) bond motifs is 3. The molecule has 0 unspecified atom stereocenters. The summed E-state index contributed by atoms with van der Waals surface area (Å²) in [5, 5.41) is 5.00. The van der Waals surface area contributed by atoms with Gasteiger partial charge in [0.2, 0.25) is 11.1 Å². The highest BCUT2D eigenvalue weighted by Crippen LogP contribution is 2.39. The highest BCUT2D eigenvalue weighted by molar-refractivity contribution is 7.98. The number of thioether (sulfide) groups is 1. The van der Waals surface area contributed by atoms with Gasteiger partial charge in [0, 0.05) is 11.5 Å². The van der Waals surface area contributed by atoms with Crippen molar-refractivity contribution in [3.05, 3.63) is 69.2 Å². The molecule has 1 amide bonds. The maximum Gasteiger partial charge on any atom is 0.325 e. The monoisotopic (exact) mass is 431 g/mol. The number of aromatic amines is 1. The molecule has 3 aromatic rings. The Morgan fingerprint density at radius 2 is 2.07 bits per heavy atom. The van der Waals surface area contributed by atoms with Crippen LogP contribution < -0.4 is 15.1 Å². The van der Waals surface area contributed by atoms with Crippen molar-refractivity contribution >= 4 is 35.0 Å². The van der Waals surface area contributed by atoms with Crippen LogP contribution in [0.2, 0.25) is 5.02 Å². The molecule has 1 aliphatic rings. The van der Waals surface area contributed by atoms with E-state index in [2.05, 4.69) is 10.1 Å². The van der Waals surface area contributed by atoms with Crippen LogP contribution in [0.3, 0.4) is 0 Å². The molecule has 29 heavy (non-hydrogen) atoms. The van der Waals surface area contributed by atoms with Crippen molar-refractivity contribution in [1.29, 1.82) is 0 Å². The normalized spacial score (nSPS) is 15.0. The first-order chi connectivity index (χ1) is 14.0. The van der Waals surface area contributed by atoms with Crippen LogP contribution in [0.4, 0.5) is 10.1 Å². The van der Waals surface area contributed by atoms with E-state index in [1.165, 1.54) is 33.5 Å². The zero-order chi connectivity index (χ0) is 20.7. The van der Waals surface area contributed by atoms with E-state index in [0.29, 0.717) is 16.4 Å². The number of benzene rings is 2. The number of aromatic nitrogens is 3. The lowest BCUT2D eigenvalue weighted by Crippen LogP contribution is -2.61. The Bertz CT molecular complexity index is 1160. The molecule has 0 fully saturated rings. The fourth-order valence-corrected chi connectivity index (χ4v) is 4.15. The molecule has 148 valence electrons. The van der Waals surface area contributed by atoms with Crippen LogP contribution in [0.25, 0.3) is 11.3 Å². The van der Waals surface area contributed by atoms with E-state index in [9.17, 15) is 14.0 Å². The number of carbonyl (C=O) groups excluding carboxylic acids is 1. The lowest BCUT2D eigenvalue weighted by molar-refractivity contribution is -0.763. The van der Waals surface area contributed by atoms with Crippen molar-refractivity contribution < 1.29 is 13.9 Å². The maximum absolute atomic E-state index is 15.0. The lowest BCUT2D eigenvalue weighted by Gasteiger charge is -2.32. The Kier molecular flexibility index (Phi) is 5.14. The summed E-state index contributed by atoms with van der Waals surface area (Å²) in [4.78, 5) is 30.1. The molecule has 0 aliphatic carbocycles. The largest absolute Gasteiger partial charge is 0.325 e. The molecule has 0 saturated carbocycles. The van der Waals surface area contributed by atoms with E-state index in [0.717, 1.165) is 0 Å². The second-order valence-electron chi connectivity index (χ2n) is 6.40. The van der Waals surface area contributed by atoms with Gasteiger partial charge in [0.1, 0.15) is 5.82 Å². The molecule has 1 atom stereocenters. The average Bonchev–Trinajstić information content (AvgIpc) is 2.72. The van der Waals surface area contributed by atoms with Crippen molar-refractivity contribution in [2.45, 2.75) is 24.7 Å². The third kappa shape index (κ3) is 3.12. The third-order valence-electron chi connectivity index (χ3n) is 4.78. The van der Waals surface area contributed by atoms with Gasteiger partial charge in [-0.1, -0.05) is 48.5 Å². The molecule has 0 spiro atoms. The van der Waals surface area contributed by atoms with Gasteiger partial charge in [-0.2, -0.15) is 0 Å². The van der Waals surface area contributed by atoms with Crippen molar-refractivity contribution in [2.75, 3.05) is 11.2 Å². The van der Waals surface area contributed by atoms with Crippen LogP contribution in [0.15, 0.2) is 52.4 Å². The number of halogens is 2. The van der Waals surface area contributed by atoms with E-state index in [1.807, 2.05) is 0 Å². The first kappa shape index (κ1) is 19.6. The maximum atomic E-state index is 15.0. The van der Waals surface area contributed by atoms with E-state index in [-0.39, 0.29) is 34.2 Å². The predicted octanol–water partition coefficient (Wildman–Crippen LogP) is 3.54. The summed E-state index contributed by atoms with van der Waals surface area (Å²) >= 11 is 7.61. The number of hydrogen-bond donors (Lipinski definition) is 1. The minimum Gasteiger partial charge on any atom is -0.291 e. The second-order valence-corrected chi connectivity index (χ2v) is 7.60. The molecule has 6 nitrogen and oxygen atoms in total. The topological polar surface area (TPSA) is 69.9 Å². The van der Waals surface area contributed by atoms with Gasteiger partial charge >= 0.3 is 11.3 Å². The lowest BCUT2D eigenvalue weighted by atomic mass is 10.0. The molecule has 0 saturated heterocycles. The van der Waals surface area contributed by atoms with Crippen molar-refractivity contribution in [1.82, 2.24) is 10.1 Å². The number of nitrogens with one attached hydrogen (secondary N) is 1. The highest BCUT2D eigenvalue weighted by Gasteiger charge is 2.47. The summed E-state index contributed by atoms with van der Waals surface area (Å²) in [7, 11) is 0. The van der Waals surface area contributed by atoms with Gasteiger partial charge in [0.05, 0.1) is 21.8 Å². The standard InChI is InChI=1S/C20H16ClFN4O2S/c1-3-15(27)25-14-10-5-4-7-11(14)17-18(28)23-20(29-2)24-26(17)19(25)16-12(21)8-6-9-13(16)22/h4-10,19H,3H2,1-2H3/p+1/t19-/m0/s1. The van der Waals surface area contributed by atoms with Crippen LogP contribution in [0.1, 0.15) is 25.1 Å². The Hall–Kier alpha value is -2.71. The van der Waals surface area contributed by atoms with Crippen molar-refractivity contribution in [2.24, 2.45) is 0 Å². The molecular formula is C20H17ClFN4O2S+. The molecule has 1 aromatic heterocycles. The van der Waals surface area contributed by atoms with Crippen LogP contribution in [-0.2, 0) is 4.79 Å². The van der Waals surface area contributed by atoms with Crippen LogP contribution in [-0.4, -0.2) is 22.2 Å². The summed E-state index contributed by atoms with van der Waals surface area (Å²) in [5.74, 6) is -0.824. The fourth-order valence-electron chi connectivity index (χ4n) is 3.52. The summed E-state index contributed by atoms with van der Waals surface area (Å²) in [6, 6.07) is 11.3. The highest BCUT2D eigenvalue weighted by atomic mass is 35.5. The van der Waals surface area contributed by atoms with E-state index >= 15 is 0 Å². The molecule has 2 heterocycles. The zero-order valence-corrected chi connectivity index (χ0v) is 17.2. The summed E-state index contributed by atoms with van der Waals surface area (Å²) in [6.45, 7) is 1.73. The first-order valence-electron chi connectivity index (χ1n) is 8.93. The molecule has 2 aromatic carbocycles. The number of rotatable bonds is 3. The van der Waals surface area contributed by atoms with Crippen molar-refractivity contribution in [3.63, 3.8) is 0 Å². The van der Waals surface area contributed by atoms with E-state index in [1.54, 1.807) is 43.5 Å². The van der Waals surface area contributed by atoms with Gasteiger partial charge in [0.15, 0.2) is 0 Å². The number of anilines is 1. The second kappa shape index (κ2) is 7.61. The van der Waals surface area contributed by atoms with Crippen LogP contribution in [0.5, 0.6) is 0 Å². The summed E-state index contributed by atoms with van der Waals surface area (Å²) in [6.07, 6.45) is 0.919. The number of carbonyl (C=O) groups is 1. The molecule has 1 aliphatic heterocycles. The number of amides is 1. The Morgan fingerprint density at radius 1 is 1.31 bits per heavy atom. The van der Waals surface area contributed by atoms with Gasteiger partial charge in [-0.15, -0.1) is 0 Å². The molecule has 4 rings (SSSR count). The number of hydrogen-bond acceptors (Lipinski definition) is 4. The smallest absolute Gasteiger partial charge is 0.291 e. The third-order valence-corrected chi connectivity index (χ3v) is 5.68. The Labute approximate surface area is 175 Å². The summed E-state index contributed by atoms with van der Waals surface area (Å²) < 4.78 is 16.4. The molecule has 9 heteroatoms. The van der Waals surface area contributed by atoms with Crippen LogP contribution in [0, 0.1) is 5.82 Å². The number of para-hydroxylation sites is 1. The molecule has 0 bridgehead atoms. The van der Waals surface area contributed by atoms with E-state index in [4.69, 9.17) is 11.6 Å². The first-order valence-corrected chi connectivity index (χ1v) is 10.5. The van der Waals surface area contributed by atoms with Gasteiger partial charge in [-0.3, -0.25) is 14.6 Å². The van der Waals surface area contributed by atoms with Gasteiger partial charge < -0.3 is 0 Å². The number of H-pyrrole nitrogens is 1. The Morgan fingerprint density at radius 3 is 2.76 bits per heavy atom. The molecule has 1 N–H and O–H groups in total.